The highest BCUT2D eigenvalue weighted by Crippen LogP contribution is 2.24. The van der Waals surface area contributed by atoms with Gasteiger partial charge in [-0.15, -0.1) is 0 Å². The molecule has 0 aliphatic carbocycles. The lowest BCUT2D eigenvalue weighted by molar-refractivity contribution is -0.386. The second-order valence-corrected chi connectivity index (χ2v) is 2.54. The van der Waals surface area contributed by atoms with Crippen LogP contribution in [-0.4, -0.2) is 27.6 Å². The number of aromatic hydroxyl groups is 1. The van der Waals surface area contributed by atoms with Crippen molar-refractivity contribution in [2.24, 2.45) is 0 Å². The summed E-state index contributed by atoms with van der Waals surface area (Å²) in [5.41, 5.74) is -0.783. The quantitative estimate of drug-likeness (QED) is 0.453. The maximum atomic E-state index is 11.1. The minimum Gasteiger partial charge on any atom is -0.501 e. The normalized spacial score (nSPS) is 9.67. The Morgan fingerprint density at radius 3 is 2.93 bits per heavy atom. The summed E-state index contributed by atoms with van der Waals surface area (Å²) in [6.07, 6.45) is 0.838. The third-order valence-electron chi connectivity index (χ3n) is 1.54. The summed E-state index contributed by atoms with van der Waals surface area (Å²) in [4.78, 5) is 24.3. The summed E-state index contributed by atoms with van der Waals surface area (Å²) in [6, 6.07) is 0.868. The van der Waals surface area contributed by atoms with Crippen molar-refractivity contribution in [3.63, 3.8) is 0 Å². The number of esters is 1. The maximum absolute atomic E-state index is 11.1. The van der Waals surface area contributed by atoms with Crippen LogP contribution in [0.5, 0.6) is 5.75 Å². The highest BCUT2D eigenvalue weighted by atomic mass is 16.6. The van der Waals surface area contributed by atoms with E-state index in [2.05, 4.69) is 9.72 Å². The standard InChI is InChI=1S/C8H8N2O5/c1-2-15-8(12)5-3-6(10(13)14)7(11)4-9-5/h3-4,11H,2H2,1H3. The summed E-state index contributed by atoms with van der Waals surface area (Å²) in [6.45, 7) is 1.75. The van der Waals surface area contributed by atoms with Crippen LogP contribution in [0.25, 0.3) is 0 Å². The lowest BCUT2D eigenvalue weighted by atomic mass is 10.3. The lowest BCUT2D eigenvalue weighted by Gasteiger charge is -2.01. The van der Waals surface area contributed by atoms with Gasteiger partial charge in [-0.3, -0.25) is 10.1 Å². The van der Waals surface area contributed by atoms with Crippen LogP contribution in [0.2, 0.25) is 0 Å². The molecule has 0 radical (unpaired) electrons. The van der Waals surface area contributed by atoms with E-state index in [1.807, 2.05) is 0 Å². The first-order chi connectivity index (χ1) is 7.06. The van der Waals surface area contributed by atoms with E-state index in [1.54, 1.807) is 6.92 Å². The average Bonchev–Trinajstić information content (AvgIpc) is 2.18. The molecule has 7 nitrogen and oxygen atoms in total. The number of nitro groups is 1. The van der Waals surface area contributed by atoms with Gasteiger partial charge in [-0.05, 0) is 6.92 Å². The van der Waals surface area contributed by atoms with E-state index in [-0.39, 0.29) is 12.3 Å². The number of aromatic nitrogens is 1. The van der Waals surface area contributed by atoms with Crippen molar-refractivity contribution in [1.29, 1.82) is 0 Å². The van der Waals surface area contributed by atoms with E-state index in [0.717, 1.165) is 12.3 Å². The predicted octanol–water partition coefficient (Wildman–Crippen LogP) is 0.872. The number of carbonyl (C=O) groups excluding carboxylic acids is 1. The van der Waals surface area contributed by atoms with Crippen molar-refractivity contribution >= 4 is 11.7 Å². The Balaban J connectivity index is 3.07. The molecule has 1 aromatic rings. The van der Waals surface area contributed by atoms with Crippen LogP contribution in [0.15, 0.2) is 12.3 Å². The molecule has 15 heavy (non-hydrogen) atoms. The molecule has 0 spiro atoms. The highest BCUT2D eigenvalue weighted by molar-refractivity contribution is 5.88. The molecule has 0 amide bonds. The monoisotopic (exact) mass is 212 g/mol. The van der Waals surface area contributed by atoms with Gasteiger partial charge in [-0.2, -0.15) is 0 Å². The van der Waals surface area contributed by atoms with Gasteiger partial charge in [0.05, 0.1) is 23.8 Å². The molecule has 7 heteroatoms. The molecule has 0 saturated heterocycles. The molecule has 0 saturated carbocycles. The highest BCUT2D eigenvalue weighted by Gasteiger charge is 2.18. The Hall–Kier alpha value is -2.18. The molecule has 0 bridgehead atoms. The molecule has 0 fully saturated rings. The third-order valence-corrected chi connectivity index (χ3v) is 1.54. The number of ether oxygens (including phenoxy) is 1. The van der Waals surface area contributed by atoms with E-state index < -0.39 is 22.3 Å². The van der Waals surface area contributed by atoms with E-state index >= 15 is 0 Å². The van der Waals surface area contributed by atoms with Gasteiger partial charge in [0.1, 0.15) is 0 Å². The molecule has 0 aromatic carbocycles. The van der Waals surface area contributed by atoms with Gasteiger partial charge in [-0.25, -0.2) is 9.78 Å². The largest absolute Gasteiger partial charge is 0.501 e. The third kappa shape index (κ3) is 2.39. The molecule has 0 unspecified atom stereocenters. The zero-order valence-corrected chi connectivity index (χ0v) is 7.84. The van der Waals surface area contributed by atoms with Crippen LogP contribution in [0.3, 0.4) is 0 Å². The summed E-state index contributed by atoms with van der Waals surface area (Å²) < 4.78 is 4.60. The molecule has 0 aliphatic rings. The van der Waals surface area contributed by atoms with Crippen molar-refractivity contribution in [3.05, 3.63) is 28.1 Å². The first kappa shape index (κ1) is 10.9. The Kier molecular flexibility index (Phi) is 3.17. The van der Waals surface area contributed by atoms with Crippen molar-refractivity contribution in [1.82, 2.24) is 4.98 Å². The SMILES string of the molecule is CCOC(=O)c1cc([N+](=O)[O-])c(O)cn1. The first-order valence-electron chi connectivity index (χ1n) is 4.06. The zero-order valence-electron chi connectivity index (χ0n) is 7.84. The van der Waals surface area contributed by atoms with Gasteiger partial charge >= 0.3 is 11.7 Å². The second kappa shape index (κ2) is 4.36. The van der Waals surface area contributed by atoms with Gasteiger partial charge < -0.3 is 9.84 Å². The van der Waals surface area contributed by atoms with Crippen LogP contribution in [0.1, 0.15) is 17.4 Å². The number of nitrogens with zero attached hydrogens (tertiary/aromatic N) is 2. The van der Waals surface area contributed by atoms with Gasteiger partial charge in [0.15, 0.2) is 5.69 Å². The summed E-state index contributed by atoms with van der Waals surface area (Å²) in [5.74, 6) is -1.35. The van der Waals surface area contributed by atoms with Crippen LogP contribution < -0.4 is 0 Å². The Labute approximate surface area is 84.5 Å². The molecular weight excluding hydrogens is 204 g/mol. The van der Waals surface area contributed by atoms with Crippen LogP contribution >= 0.6 is 0 Å². The summed E-state index contributed by atoms with van der Waals surface area (Å²) in [7, 11) is 0. The number of rotatable bonds is 3. The number of hydrogen-bond acceptors (Lipinski definition) is 6. The van der Waals surface area contributed by atoms with Crippen LogP contribution in [0, 0.1) is 10.1 Å². The molecule has 0 atom stereocenters. The maximum Gasteiger partial charge on any atom is 0.357 e. The van der Waals surface area contributed by atoms with Crippen LogP contribution in [-0.2, 0) is 4.74 Å². The lowest BCUT2D eigenvalue weighted by Crippen LogP contribution is -2.07. The predicted molar refractivity (Wildman–Crippen MR) is 48.5 cm³/mol. The van der Waals surface area contributed by atoms with Crippen LogP contribution in [0.4, 0.5) is 5.69 Å². The molecule has 1 rings (SSSR count). The Morgan fingerprint density at radius 1 is 1.73 bits per heavy atom. The Bertz CT molecular complexity index is 404. The molecule has 1 N–H and O–H groups in total. The second-order valence-electron chi connectivity index (χ2n) is 2.54. The van der Waals surface area contributed by atoms with Crippen molar-refractivity contribution in [2.75, 3.05) is 6.61 Å². The van der Waals surface area contributed by atoms with Crippen molar-refractivity contribution < 1.29 is 19.6 Å². The molecule has 1 aromatic heterocycles. The topological polar surface area (TPSA) is 103 Å². The first-order valence-corrected chi connectivity index (χ1v) is 4.06. The Morgan fingerprint density at radius 2 is 2.40 bits per heavy atom. The van der Waals surface area contributed by atoms with Crippen molar-refractivity contribution in [2.45, 2.75) is 6.92 Å². The molecule has 80 valence electrons. The molecule has 1 heterocycles. The fraction of sp³-hybridized carbons (Fsp3) is 0.250. The van der Waals surface area contributed by atoms with Gasteiger partial charge in [-0.1, -0.05) is 0 Å². The van der Waals surface area contributed by atoms with E-state index in [4.69, 9.17) is 5.11 Å². The summed E-state index contributed by atoms with van der Waals surface area (Å²) in [5, 5.41) is 19.5. The number of hydrogen-bond donors (Lipinski definition) is 1. The van der Waals surface area contributed by atoms with E-state index in [1.165, 1.54) is 0 Å². The fourth-order valence-corrected chi connectivity index (χ4v) is 0.900. The zero-order chi connectivity index (χ0) is 11.4. The number of pyridine rings is 1. The smallest absolute Gasteiger partial charge is 0.357 e. The molecule has 0 aliphatic heterocycles. The number of carbonyl (C=O) groups is 1. The average molecular weight is 212 g/mol. The van der Waals surface area contributed by atoms with Gasteiger partial charge in [0.2, 0.25) is 5.75 Å². The minimum absolute atomic E-state index is 0.148. The fourth-order valence-electron chi connectivity index (χ4n) is 0.900. The van der Waals surface area contributed by atoms with Crippen molar-refractivity contribution in [3.8, 4) is 5.75 Å². The van der Waals surface area contributed by atoms with Gasteiger partial charge in [0, 0.05) is 0 Å². The van der Waals surface area contributed by atoms with E-state index in [0.29, 0.717) is 0 Å². The molecular formula is C8H8N2O5. The minimum atomic E-state index is -0.806. The van der Waals surface area contributed by atoms with Gasteiger partial charge in [0.25, 0.3) is 0 Å². The van der Waals surface area contributed by atoms with E-state index in [9.17, 15) is 14.9 Å². The summed E-state index contributed by atoms with van der Waals surface area (Å²) >= 11 is 0.